The third kappa shape index (κ3) is 2.89. The highest BCUT2D eigenvalue weighted by Crippen LogP contribution is 2.22. The van der Waals surface area contributed by atoms with Crippen LogP contribution in [-0.2, 0) is 10.0 Å². The van der Waals surface area contributed by atoms with Crippen LogP contribution in [0.1, 0.15) is 28.7 Å². The number of sulfonamides is 1. The van der Waals surface area contributed by atoms with Crippen LogP contribution in [0.3, 0.4) is 0 Å². The Kier molecular flexibility index (Phi) is 4.15. The number of aromatic nitrogens is 1. The van der Waals surface area contributed by atoms with Crippen LogP contribution in [0.4, 0.5) is 0 Å². The summed E-state index contributed by atoms with van der Waals surface area (Å²) in [5.41, 5.74) is 0.256. The zero-order valence-electron chi connectivity index (χ0n) is 10.3. The van der Waals surface area contributed by atoms with E-state index in [1.165, 1.54) is 20.8 Å². The Morgan fingerprint density at radius 3 is 2.39 bits per heavy atom. The van der Waals surface area contributed by atoms with E-state index in [9.17, 15) is 13.2 Å². The lowest BCUT2D eigenvalue weighted by molar-refractivity contribution is 0.0690. The van der Waals surface area contributed by atoms with Crippen LogP contribution in [0.25, 0.3) is 0 Å². The van der Waals surface area contributed by atoms with E-state index < -0.39 is 22.1 Å². The van der Waals surface area contributed by atoms with Crippen LogP contribution in [0.2, 0.25) is 0 Å². The molecular weight excluding hydrogens is 260 g/mol. The number of hydrogen-bond donors (Lipinski definition) is 4. The van der Waals surface area contributed by atoms with Crippen LogP contribution < -0.4 is 4.72 Å². The standard InChI is InChI=1S/C10H16N2O5S/c1-5(13)4-11-18(16,17)9-6(2)8(10(14)15)12-7(9)3/h5,11-13H,4H2,1-3H3,(H,14,15). The molecule has 0 aliphatic carbocycles. The van der Waals surface area contributed by atoms with Crippen molar-refractivity contribution in [2.45, 2.75) is 31.8 Å². The quantitative estimate of drug-likeness (QED) is 0.603. The first kappa shape index (κ1) is 14.7. The predicted molar refractivity (Wildman–Crippen MR) is 64.1 cm³/mol. The molecule has 0 fully saturated rings. The Bertz CT molecular complexity index is 559. The Balaban J connectivity index is 3.21. The van der Waals surface area contributed by atoms with E-state index in [1.807, 2.05) is 0 Å². The van der Waals surface area contributed by atoms with Gasteiger partial charge in [0.05, 0.1) is 6.10 Å². The van der Waals surface area contributed by atoms with E-state index in [4.69, 9.17) is 10.2 Å². The molecule has 0 saturated heterocycles. The van der Waals surface area contributed by atoms with Gasteiger partial charge in [0, 0.05) is 17.8 Å². The second kappa shape index (κ2) is 5.09. The Labute approximate surface area is 105 Å². The number of aliphatic hydroxyl groups is 1. The molecule has 0 bridgehead atoms. The Morgan fingerprint density at radius 2 is 2.00 bits per heavy atom. The molecule has 1 aromatic rings. The molecule has 1 atom stereocenters. The van der Waals surface area contributed by atoms with Crippen LogP contribution >= 0.6 is 0 Å². The third-order valence-corrected chi connectivity index (χ3v) is 4.12. The number of carboxylic acid groups (broad SMARTS) is 1. The minimum absolute atomic E-state index is 0.0828. The van der Waals surface area contributed by atoms with Gasteiger partial charge < -0.3 is 15.2 Å². The first-order valence-corrected chi connectivity index (χ1v) is 6.75. The SMILES string of the molecule is Cc1[nH]c(C(=O)O)c(C)c1S(=O)(=O)NCC(C)O. The second-order valence-corrected chi connectivity index (χ2v) is 5.79. The molecule has 0 spiro atoms. The van der Waals surface area contributed by atoms with Crippen LogP contribution in [0, 0.1) is 13.8 Å². The summed E-state index contributed by atoms with van der Waals surface area (Å²) in [6.45, 7) is 4.22. The number of carbonyl (C=O) groups is 1. The lowest BCUT2D eigenvalue weighted by Gasteiger charge is -2.09. The fourth-order valence-corrected chi connectivity index (χ4v) is 3.22. The summed E-state index contributed by atoms with van der Waals surface area (Å²) in [6.07, 6.45) is -0.821. The number of aryl methyl sites for hydroxylation is 1. The zero-order chi connectivity index (χ0) is 14.1. The monoisotopic (exact) mass is 276 g/mol. The maximum Gasteiger partial charge on any atom is 0.352 e. The molecule has 0 saturated carbocycles. The normalized spacial score (nSPS) is 13.6. The number of aromatic amines is 1. The van der Waals surface area contributed by atoms with Crippen LogP contribution in [0.5, 0.6) is 0 Å². The van der Waals surface area contributed by atoms with Gasteiger partial charge in [-0.05, 0) is 20.8 Å². The van der Waals surface area contributed by atoms with Gasteiger partial charge in [-0.1, -0.05) is 0 Å². The fourth-order valence-electron chi connectivity index (χ4n) is 1.65. The number of nitrogens with one attached hydrogen (secondary N) is 2. The molecule has 0 radical (unpaired) electrons. The van der Waals surface area contributed by atoms with Gasteiger partial charge in [-0.2, -0.15) is 0 Å². The highest BCUT2D eigenvalue weighted by atomic mass is 32.2. The van der Waals surface area contributed by atoms with Crippen molar-refractivity contribution in [1.29, 1.82) is 0 Å². The lowest BCUT2D eigenvalue weighted by atomic mass is 10.2. The second-order valence-electron chi connectivity index (χ2n) is 4.09. The first-order valence-electron chi connectivity index (χ1n) is 5.27. The average molecular weight is 276 g/mol. The first-order chi connectivity index (χ1) is 8.16. The van der Waals surface area contributed by atoms with E-state index in [-0.39, 0.29) is 28.4 Å². The molecule has 4 N–H and O–H groups in total. The largest absolute Gasteiger partial charge is 0.477 e. The van der Waals surface area contributed by atoms with Gasteiger partial charge in [-0.15, -0.1) is 0 Å². The molecule has 1 rings (SSSR count). The van der Waals surface area contributed by atoms with Gasteiger partial charge in [0.1, 0.15) is 10.6 Å². The molecule has 1 unspecified atom stereocenters. The Hall–Kier alpha value is -1.38. The van der Waals surface area contributed by atoms with Crippen molar-refractivity contribution in [2.24, 2.45) is 0 Å². The summed E-state index contributed by atoms with van der Waals surface area (Å²) in [7, 11) is -3.83. The molecule has 102 valence electrons. The molecule has 0 amide bonds. The van der Waals surface area contributed by atoms with Gasteiger partial charge >= 0.3 is 5.97 Å². The molecule has 1 heterocycles. The van der Waals surface area contributed by atoms with E-state index in [0.717, 1.165) is 0 Å². The number of aromatic carboxylic acids is 1. The summed E-state index contributed by atoms with van der Waals surface area (Å²) < 4.78 is 26.2. The molecule has 7 nitrogen and oxygen atoms in total. The minimum Gasteiger partial charge on any atom is -0.477 e. The highest BCUT2D eigenvalue weighted by Gasteiger charge is 2.26. The number of rotatable bonds is 5. The molecule has 18 heavy (non-hydrogen) atoms. The summed E-state index contributed by atoms with van der Waals surface area (Å²) in [6, 6.07) is 0. The van der Waals surface area contributed by atoms with Crippen molar-refractivity contribution in [1.82, 2.24) is 9.71 Å². The number of hydrogen-bond acceptors (Lipinski definition) is 4. The lowest BCUT2D eigenvalue weighted by Crippen LogP contribution is -2.31. The van der Waals surface area contributed by atoms with Crippen LogP contribution in [0.15, 0.2) is 4.90 Å². The van der Waals surface area contributed by atoms with Crippen molar-refractivity contribution in [2.75, 3.05) is 6.54 Å². The summed E-state index contributed by atoms with van der Waals surface area (Å²) in [5, 5.41) is 18.0. The molecular formula is C10H16N2O5S. The van der Waals surface area contributed by atoms with Gasteiger partial charge in [-0.25, -0.2) is 17.9 Å². The van der Waals surface area contributed by atoms with Crippen molar-refractivity contribution in [3.63, 3.8) is 0 Å². The molecule has 1 aromatic heterocycles. The summed E-state index contributed by atoms with van der Waals surface area (Å²) in [5.74, 6) is -1.22. The molecule has 0 aliphatic rings. The predicted octanol–water partition coefficient (Wildman–Crippen LogP) is -0.0112. The zero-order valence-corrected chi connectivity index (χ0v) is 11.1. The van der Waals surface area contributed by atoms with E-state index in [0.29, 0.717) is 0 Å². The van der Waals surface area contributed by atoms with Crippen molar-refractivity contribution in [3.05, 3.63) is 17.0 Å². The summed E-state index contributed by atoms with van der Waals surface area (Å²) >= 11 is 0. The van der Waals surface area contributed by atoms with Gasteiger partial charge in [0.25, 0.3) is 0 Å². The number of H-pyrrole nitrogens is 1. The third-order valence-electron chi connectivity index (χ3n) is 2.42. The number of aliphatic hydroxyl groups excluding tert-OH is 1. The topological polar surface area (TPSA) is 119 Å². The van der Waals surface area contributed by atoms with Crippen molar-refractivity contribution >= 4 is 16.0 Å². The van der Waals surface area contributed by atoms with E-state index in [1.54, 1.807) is 0 Å². The minimum atomic E-state index is -3.83. The molecule has 0 aromatic carbocycles. The number of carboxylic acids is 1. The fraction of sp³-hybridized carbons (Fsp3) is 0.500. The molecule has 0 aliphatic heterocycles. The summed E-state index contributed by atoms with van der Waals surface area (Å²) in [4.78, 5) is 13.3. The van der Waals surface area contributed by atoms with Gasteiger partial charge in [0.2, 0.25) is 10.0 Å². The maximum absolute atomic E-state index is 12.0. The van der Waals surface area contributed by atoms with Gasteiger partial charge in [0.15, 0.2) is 0 Å². The van der Waals surface area contributed by atoms with Gasteiger partial charge in [-0.3, -0.25) is 0 Å². The smallest absolute Gasteiger partial charge is 0.352 e. The Morgan fingerprint density at radius 1 is 1.44 bits per heavy atom. The van der Waals surface area contributed by atoms with Crippen LogP contribution in [-0.4, -0.2) is 42.2 Å². The van der Waals surface area contributed by atoms with Crippen molar-refractivity contribution < 1.29 is 23.4 Å². The highest BCUT2D eigenvalue weighted by molar-refractivity contribution is 7.89. The van der Waals surface area contributed by atoms with Crippen molar-refractivity contribution in [3.8, 4) is 0 Å². The molecule has 8 heteroatoms. The van der Waals surface area contributed by atoms with E-state index in [2.05, 4.69) is 9.71 Å². The maximum atomic E-state index is 12.0. The van der Waals surface area contributed by atoms with E-state index >= 15 is 0 Å². The average Bonchev–Trinajstić information content (AvgIpc) is 2.52.